The third-order valence-corrected chi connectivity index (χ3v) is 10.4. The number of nitrogens with one attached hydrogen (secondary N) is 4. The maximum absolute atomic E-state index is 14.2. The summed E-state index contributed by atoms with van der Waals surface area (Å²) in [4.78, 5) is 110. The van der Waals surface area contributed by atoms with Crippen LogP contribution in [0.3, 0.4) is 0 Å². The van der Waals surface area contributed by atoms with Crippen molar-refractivity contribution >= 4 is 63.3 Å². The Morgan fingerprint density at radius 2 is 1.18 bits per heavy atom. The molecule has 0 aliphatic carbocycles. The molecule has 57 heavy (non-hydrogen) atoms. The number of hydrogen-bond acceptors (Lipinski definition) is 9. The summed E-state index contributed by atoms with van der Waals surface area (Å²) in [5.74, 6) is -5.89. The molecule has 0 aliphatic rings. The summed E-state index contributed by atoms with van der Waals surface area (Å²) in [5, 5.41) is 18.8. The summed E-state index contributed by atoms with van der Waals surface area (Å²) >= 11 is 3.93. The molecule has 5 amide bonds. The number of carbonyl (C=O) groups excluding carboxylic acids is 5. The van der Waals surface area contributed by atoms with Crippen molar-refractivity contribution in [2.45, 2.75) is 74.4 Å². The van der Waals surface area contributed by atoms with E-state index in [1.54, 1.807) is 0 Å². The third kappa shape index (κ3) is 14.8. The molecule has 25 heteroatoms. The molecule has 316 valence electrons. The minimum absolute atomic E-state index is 0.00971. The number of aliphatic carboxylic acids is 1. The molecule has 18 nitrogen and oxygen atoms in total. The minimum atomic E-state index is -5.92. The predicted molar refractivity (Wildman–Crippen MR) is 195 cm³/mol. The van der Waals surface area contributed by atoms with Crippen LogP contribution in [-0.4, -0.2) is 90.6 Å². The average molecular weight is 874 g/mol. The smallest absolute Gasteiger partial charge is 0.399 e. The predicted octanol–water partition coefficient (Wildman–Crippen LogP) is 0.947. The van der Waals surface area contributed by atoms with Gasteiger partial charge in [-0.05, 0) is 24.0 Å². The van der Waals surface area contributed by atoms with Gasteiger partial charge < -0.3 is 51.7 Å². The number of benzene rings is 2. The van der Waals surface area contributed by atoms with Gasteiger partial charge in [0.15, 0.2) is 0 Å². The second-order valence-corrected chi connectivity index (χ2v) is 16.2. The lowest BCUT2D eigenvalue weighted by atomic mass is 10.0. The summed E-state index contributed by atoms with van der Waals surface area (Å²) in [6.07, 6.45) is -1.06. The Morgan fingerprint density at radius 3 is 1.63 bits per heavy atom. The Labute approximate surface area is 327 Å². The zero-order valence-electron chi connectivity index (χ0n) is 29.6. The van der Waals surface area contributed by atoms with Crippen molar-refractivity contribution in [2.75, 3.05) is 12.3 Å². The first kappa shape index (κ1) is 48.8. The highest BCUT2D eigenvalue weighted by Crippen LogP contribution is 2.60. The topological polar surface area (TPSA) is 312 Å². The van der Waals surface area contributed by atoms with Gasteiger partial charge in [-0.3, -0.25) is 37.9 Å². The number of hydrogen-bond donors (Lipinski definition) is 11. The molecule has 11 N–H and O–H groups in total. The first-order valence-corrected chi connectivity index (χ1v) is 20.5. The molecular formula is C32H41F4N5O13P2S. The summed E-state index contributed by atoms with van der Waals surface area (Å²) in [5.41, 5.74) is -5.91. The number of carboxylic acids is 1. The summed E-state index contributed by atoms with van der Waals surface area (Å²) in [6, 6.07) is 2.25. The molecule has 0 fully saturated rings. The second kappa shape index (κ2) is 20.9. The molecule has 0 heterocycles. The fraction of sp³-hybridized carbons (Fsp3) is 0.438. The molecule has 0 saturated carbocycles. The molecule has 0 aromatic heterocycles. The zero-order valence-corrected chi connectivity index (χ0v) is 32.3. The molecule has 2 aromatic carbocycles. The van der Waals surface area contributed by atoms with Crippen LogP contribution in [0.15, 0.2) is 48.5 Å². The van der Waals surface area contributed by atoms with Crippen LogP contribution in [0.2, 0.25) is 0 Å². The van der Waals surface area contributed by atoms with Crippen LogP contribution in [0.4, 0.5) is 17.6 Å². The van der Waals surface area contributed by atoms with Crippen LogP contribution in [0.5, 0.6) is 0 Å². The van der Waals surface area contributed by atoms with Gasteiger partial charge in [0.25, 0.3) is 0 Å². The fourth-order valence-corrected chi connectivity index (χ4v) is 6.17. The molecule has 0 spiro atoms. The molecule has 3 atom stereocenters. The van der Waals surface area contributed by atoms with Gasteiger partial charge in [0.05, 0.1) is 12.8 Å². The molecule has 0 radical (unpaired) electrons. The number of thiol groups is 1. The van der Waals surface area contributed by atoms with Crippen LogP contribution in [0.1, 0.15) is 54.4 Å². The number of unbranched alkanes of at least 4 members (excludes halogenated alkanes) is 2. The van der Waals surface area contributed by atoms with E-state index in [4.69, 9.17) is 25.3 Å². The van der Waals surface area contributed by atoms with Crippen molar-refractivity contribution in [1.29, 1.82) is 0 Å². The van der Waals surface area contributed by atoms with Gasteiger partial charge in [0, 0.05) is 36.3 Å². The van der Waals surface area contributed by atoms with Gasteiger partial charge >= 0.3 is 32.5 Å². The number of carbonyl (C=O) groups is 6. The van der Waals surface area contributed by atoms with Gasteiger partial charge in [-0.2, -0.15) is 30.2 Å². The Hall–Kier alpha value is -4.37. The van der Waals surface area contributed by atoms with Crippen molar-refractivity contribution in [3.63, 3.8) is 0 Å². The average Bonchev–Trinajstić information content (AvgIpc) is 3.10. The summed E-state index contributed by atoms with van der Waals surface area (Å²) in [7, 11) is -11.8. The number of primary amides is 1. The van der Waals surface area contributed by atoms with Gasteiger partial charge in [-0.25, -0.2) is 0 Å². The molecule has 2 rings (SSSR count). The Bertz CT molecular complexity index is 1870. The first-order chi connectivity index (χ1) is 26.3. The largest absolute Gasteiger partial charge is 0.481 e. The number of nitrogens with two attached hydrogens (primary N) is 1. The van der Waals surface area contributed by atoms with E-state index in [2.05, 4.69) is 33.9 Å². The number of alkyl halides is 4. The van der Waals surface area contributed by atoms with E-state index in [0.717, 1.165) is 24.3 Å². The lowest BCUT2D eigenvalue weighted by Crippen LogP contribution is -2.55. The Kier molecular flexibility index (Phi) is 17.9. The second-order valence-electron chi connectivity index (χ2n) is 12.5. The quantitative estimate of drug-likeness (QED) is 0.0321. The maximum atomic E-state index is 14.2. The Balaban J connectivity index is 2.20. The molecule has 0 aliphatic heterocycles. The number of carboxylic acid groups (broad SMARTS) is 1. The van der Waals surface area contributed by atoms with Crippen LogP contribution < -0.4 is 27.0 Å². The standard InChI is InChI=1S/C32H41F4N5O13P2S/c33-31(34,55(49,50)51)20-9-5-18(6-10-20)14-22(29(47)38-13-3-1-2-4-25(42)40-24(17-57)28(37)46)41-30(48)23(16-27(44)45)39-26(43)15-19-7-11-21(12-8-19)32(35,36)56(52,53)54/h5-12,22-24,57H,1-4,13-17H2,(H2,37,46)(H,38,47)(H,39,43)(H,40,42)(H,41,48)(H,44,45)(H2,49,50,51)(H2,52,53,54)/t22-,23-,24-/m1/s1. The van der Waals surface area contributed by atoms with Crippen LogP contribution in [0.25, 0.3) is 0 Å². The molecule has 0 saturated heterocycles. The van der Waals surface area contributed by atoms with Crippen molar-refractivity contribution in [3.8, 4) is 0 Å². The van der Waals surface area contributed by atoms with Crippen molar-refractivity contribution in [3.05, 3.63) is 70.8 Å². The monoisotopic (exact) mass is 873 g/mol. The SMILES string of the molecule is NC(=O)[C@@H](CS)NC(=O)CCCCCNC(=O)[C@@H](Cc1ccc(C(F)(F)P(=O)(O)O)cc1)NC(=O)[C@@H](CC(=O)O)NC(=O)Cc1ccc(C(F)(F)P(=O)(O)O)cc1. The molecular weight excluding hydrogens is 832 g/mol. The van der Waals surface area contributed by atoms with Gasteiger partial charge in [0.1, 0.15) is 18.1 Å². The van der Waals surface area contributed by atoms with Crippen LogP contribution in [0, 0.1) is 0 Å². The third-order valence-electron chi connectivity index (χ3n) is 8.04. The van der Waals surface area contributed by atoms with Crippen LogP contribution in [-0.2, 0) is 62.1 Å². The first-order valence-electron chi connectivity index (χ1n) is 16.6. The molecule has 0 bridgehead atoms. The lowest BCUT2D eigenvalue weighted by molar-refractivity contribution is -0.141. The van der Waals surface area contributed by atoms with E-state index >= 15 is 0 Å². The van der Waals surface area contributed by atoms with E-state index in [1.807, 2.05) is 0 Å². The van der Waals surface area contributed by atoms with Crippen molar-refractivity contribution in [2.24, 2.45) is 5.73 Å². The maximum Gasteiger partial charge on any atom is 0.399 e. The van der Waals surface area contributed by atoms with E-state index in [9.17, 15) is 60.6 Å². The Morgan fingerprint density at radius 1 is 0.684 bits per heavy atom. The highest BCUT2D eigenvalue weighted by molar-refractivity contribution is 7.80. The number of halogens is 4. The highest BCUT2D eigenvalue weighted by atomic mass is 32.1. The van der Waals surface area contributed by atoms with Gasteiger partial charge in [0.2, 0.25) is 29.5 Å². The zero-order chi connectivity index (χ0) is 43.4. The van der Waals surface area contributed by atoms with Gasteiger partial charge in [-0.15, -0.1) is 0 Å². The highest BCUT2D eigenvalue weighted by Gasteiger charge is 2.51. The summed E-state index contributed by atoms with van der Waals surface area (Å²) in [6.45, 7) is -0.0189. The van der Waals surface area contributed by atoms with Crippen LogP contribution >= 0.6 is 27.8 Å². The van der Waals surface area contributed by atoms with E-state index in [0.29, 0.717) is 43.5 Å². The van der Waals surface area contributed by atoms with Crippen molar-refractivity contribution in [1.82, 2.24) is 21.3 Å². The number of rotatable bonds is 23. The lowest BCUT2D eigenvalue weighted by Gasteiger charge is -2.23. The number of amides is 5. The van der Waals surface area contributed by atoms with Gasteiger partial charge in [-0.1, -0.05) is 55.0 Å². The fourth-order valence-electron chi connectivity index (χ4n) is 4.93. The van der Waals surface area contributed by atoms with E-state index in [-0.39, 0.29) is 29.8 Å². The van der Waals surface area contributed by atoms with E-state index in [1.165, 1.54) is 0 Å². The molecule has 2 aromatic rings. The van der Waals surface area contributed by atoms with E-state index < -0.39 is 111 Å². The normalized spacial score (nSPS) is 13.8. The molecule has 0 unspecified atom stereocenters. The van der Waals surface area contributed by atoms with Crippen molar-refractivity contribution < 1.29 is 80.1 Å². The minimum Gasteiger partial charge on any atom is -0.481 e. The summed E-state index contributed by atoms with van der Waals surface area (Å²) < 4.78 is 78.8.